The molecule has 0 N–H and O–H groups in total. The van der Waals surface area contributed by atoms with E-state index < -0.39 is 5.97 Å². The van der Waals surface area contributed by atoms with Crippen LogP contribution in [0.4, 0.5) is 5.69 Å². The molecule has 1 aliphatic heterocycles. The molecule has 0 bridgehead atoms. The van der Waals surface area contributed by atoms with E-state index in [0.29, 0.717) is 5.88 Å². The summed E-state index contributed by atoms with van der Waals surface area (Å²) in [7, 11) is 0. The van der Waals surface area contributed by atoms with Crippen molar-refractivity contribution in [3.63, 3.8) is 0 Å². The van der Waals surface area contributed by atoms with Gasteiger partial charge in [0, 0.05) is 24.0 Å². The Balaban J connectivity index is 1.96. The number of anilines is 1. The minimum atomic E-state index is -0.485. The van der Waals surface area contributed by atoms with Gasteiger partial charge < -0.3 is 4.74 Å². The molecule has 2 aromatic carbocycles. The van der Waals surface area contributed by atoms with Gasteiger partial charge in [0.1, 0.15) is 5.75 Å². The van der Waals surface area contributed by atoms with Crippen molar-refractivity contribution in [2.24, 2.45) is 0 Å². The predicted molar refractivity (Wildman–Crippen MR) is 91.7 cm³/mol. The summed E-state index contributed by atoms with van der Waals surface area (Å²) in [6.45, 7) is 1.28. The Hall–Kier alpha value is -1.69. The molecule has 0 fully saturated rings. The molecule has 7 heteroatoms. The maximum Gasteiger partial charge on any atom is 0.308 e. The highest BCUT2D eigenvalue weighted by Crippen LogP contribution is 2.40. The Kier molecular flexibility index (Phi) is 4.53. The Morgan fingerprint density at radius 1 is 1.17 bits per heavy atom. The summed E-state index contributed by atoms with van der Waals surface area (Å²) < 4.78 is 4.96. The van der Waals surface area contributed by atoms with Crippen molar-refractivity contribution >= 4 is 52.5 Å². The van der Waals surface area contributed by atoms with E-state index in [1.165, 1.54) is 19.1 Å². The summed E-state index contributed by atoms with van der Waals surface area (Å²) >= 11 is 13.9. The van der Waals surface area contributed by atoms with Crippen LogP contribution in [0.3, 0.4) is 0 Å². The summed E-state index contributed by atoms with van der Waals surface area (Å²) in [4.78, 5) is 26.5. The number of benzene rings is 2. The highest BCUT2D eigenvalue weighted by Gasteiger charge is 2.29. The average Bonchev–Trinajstić information content (AvgIpc) is 2.89. The van der Waals surface area contributed by atoms with Crippen LogP contribution in [0.1, 0.15) is 17.3 Å². The van der Waals surface area contributed by atoms with Crippen molar-refractivity contribution in [3.8, 4) is 5.75 Å². The van der Waals surface area contributed by atoms with Gasteiger partial charge in [0.25, 0.3) is 5.91 Å². The molecule has 1 heterocycles. The topological polar surface area (TPSA) is 46.6 Å². The Morgan fingerprint density at radius 3 is 2.48 bits per heavy atom. The quantitative estimate of drug-likeness (QED) is 0.573. The minimum absolute atomic E-state index is 0.146. The van der Waals surface area contributed by atoms with Gasteiger partial charge in [0.05, 0.1) is 27.2 Å². The molecule has 3 rings (SSSR count). The Labute approximate surface area is 147 Å². The number of nitrogens with zero attached hydrogens (tertiary/aromatic N) is 1. The Morgan fingerprint density at radius 2 is 1.83 bits per heavy atom. The second kappa shape index (κ2) is 6.43. The molecular formula is C16H11Cl2NO3S. The zero-order chi connectivity index (χ0) is 16.6. The van der Waals surface area contributed by atoms with Crippen LogP contribution in [-0.2, 0) is 4.79 Å². The number of thioether (sulfide) groups is 1. The van der Waals surface area contributed by atoms with Gasteiger partial charge in [-0.1, -0.05) is 35.3 Å². The van der Waals surface area contributed by atoms with E-state index in [2.05, 4.69) is 0 Å². The van der Waals surface area contributed by atoms with Crippen molar-refractivity contribution in [2.45, 2.75) is 11.8 Å². The molecule has 0 saturated heterocycles. The second-order valence-corrected chi connectivity index (χ2v) is 6.63. The lowest BCUT2D eigenvalue weighted by molar-refractivity contribution is -0.131. The van der Waals surface area contributed by atoms with E-state index in [-0.39, 0.29) is 27.3 Å². The number of carbonyl (C=O) groups excluding carboxylic acids is 2. The standard InChI is InChI=1S/C16H11Cl2NO3S/c1-9(20)22-10-6-11(17)15(12(18)7-10)16(21)19-8-23-14-5-3-2-4-13(14)19/h2-7H,8H2,1H3. The van der Waals surface area contributed by atoms with Crippen molar-refractivity contribution in [1.82, 2.24) is 0 Å². The molecule has 0 unspecified atom stereocenters. The van der Waals surface area contributed by atoms with Crippen LogP contribution in [-0.4, -0.2) is 17.8 Å². The number of ether oxygens (including phenoxy) is 1. The van der Waals surface area contributed by atoms with Crippen LogP contribution in [0.5, 0.6) is 5.75 Å². The zero-order valence-electron chi connectivity index (χ0n) is 12.0. The molecule has 0 radical (unpaired) electrons. The fourth-order valence-electron chi connectivity index (χ4n) is 2.29. The third kappa shape index (κ3) is 3.17. The average molecular weight is 368 g/mol. The first-order chi connectivity index (χ1) is 11.0. The van der Waals surface area contributed by atoms with Gasteiger partial charge in [-0.15, -0.1) is 11.8 Å². The highest BCUT2D eigenvalue weighted by atomic mass is 35.5. The van der Waals surface area contributed by atoms with E-state index in [1.54, 1.807) is 16.7 Å². The molecule has 0 aromatic heterocycles. The van der Waals surface area contributed by atoms with Gasteiger partial charge in [-0.3, -0.25) is 14.5 Å². The minimum Gasteiger partial charge on any atom is -0.427 e. The van der Waals surface area contributed by atoms with Crippen LogP contribution in [0.15, 0.2) is 41.3 Å². The third-order valence-corrected chi connectivity index (χ3v) is 4.88. The molecule has 0 aliphatic carbocycles. The first-order valence-electron chi connectivity index (χ1n) is 6.68. The molecule has 2 aromatic rings. The smallest absolute Gasteiger partial charge is 0.308 e. The molecule has 4 nitrogen and oxygen atoms in total. The van der Waals surface area contributed by atoms with E-state index in [0.717, 1.165) is 10.6 Å². The second-order valence-electron chi connectivity index (χ2n) is 4.83. The van der Waals surface area contributed by atoms with Gasteiger partial charge in [0.2, 0.25) is 0 Å². The number of hydrogen-bond donors (Lipinski definition) is 0. The number of amides is 1. The summed E-state index contributed by atoms with van der Waals surface area (Å²) in [6, 6.07) is 10.5. The molecular weight excluding hydrogens is 357 g/mol. The largest absolute Gasteiger partial charge is 0.427 e. The van der Waals surface area contributed by atoms with Gasteiger partial charge in [-0.25, -0.2) is 0 Å². The molecule has 118 valence electrons. The van der Waals surface area contributed by atoms with Crippen LogP contribution in [0, 0.1) is 0 Å². The summed E-state index contributed by atoms with van der Waals surface area (Å²) in [5.41, 5.74) is 1.03. The third-order valence-electron chi connectivity index (χ3n) is 3.24. The maximum atomic E-state index is 12.8. The number of fused-ring (bicyclic) bond motifs is 1. The van der Waals surface area contributed by atoms with Gasteiger partial charge >= 0.3 is 5.97 Å². The lowest BCUT2D eigenvalue weighted by atomic mass is 10.1. The van der Waals surface area contributed by atoms with Gasteiger partial charge in [-0.2, -0.15) is 0 Å². The molecule has 23 heavy (non-hydrogen) atoms. The number of rotatable bonds is 2. The van der Waals surface area contributed by atoms with E-state index in [4.69, 9.17) is 27.9 Å². The Bertz CT molecular complexity index is 787. The number of halogens is 2. The fraction of sp³-hybridized carbons (Fsp3) is 0.125. The highest BCUT2D eigenvalue weighted by molar-refractivity contribution is 8.00. The first kappa shape index (κ1) is 16.2. The normalized spacial score (nSPS) is 12.9. The van der Waals surface area contributed by atoms with Gasteiger partial charge in [-0.05, 0) is 12.1 Å². The number of esters is 1. The van der Waals surface area contributed by atoms with Gasteiger partial charge in [0.15, 0.2) is 0 Å². The lowest BCUT2D eigenvalue weighted by Crippen LogP contribution is -2.28. The number of para-hydroxylation sites is 1. The van der Waals surface area contributed by atoms with Crippen LogP contribution < -0.4 is 9.64 Å². The van der Waals surface area contributed by atoms with Crippen molar-refractivity contribution in [3.05, 3.63) is 52.0 Å². The number of hydrogen-bond acceptors (Lipinski definition) is 4. The maximum absolute atomic E-state index is 12.8. The van der Waals surface area contributed by atoms with E-state index in [9.17, 15) is 9.59 Å². The fourth-order valence-corrected chi connectivity index (χ4v) is 3.94. The summed E-state index contributed by atoms with van der Waals surface area (Å²) in [5.74, 6) is -0.0653. The van der Waals surface area contributed by atoms with E-state index in [1.807, 2.05) is 24.3 Å². The van der Waals surface area contributed by atoms with Crippen molar-refractivity contribution < 1.29 is 14.3 Å². The monoisotopic (exact) mass is 367 g/mol. The van der Waals surface area contributed by atoms with Crippen molar-refractivity contribution in [1.29, 1.82) is 0 Å². The number of carbonyl (C=O) groups is 2. The zero-order valence-corrected chi connectivity index (χ0v) is 14.3. The van der Waals surface area contributed by atoms with E-state index >= 15 is 0 Å². The molecule has 1 amide bonds. The van der Waals surface area contributed by atoms with Crippen LogP contribution in [0.25, 0.3) is 0 Å². The lowest BCUT2D eigenvalue weighted by Gasteiger charge is -2.18. The molecule has 1 aliphatic rings. The predicted octanol–water partition coefficient (Wildman–Crippen LogP) is 4.63. The molecule has 0 saturated carbocycles. The summed E-state index contributed by atoms with van der Waals surface area (Å²) in [5, 5.41) is 0.293. The van der Waals surface area contributed by atoms with Crippen LogP contribution >= 0.6 is 35.0 Å². The molecule has 0 spiro atoms. The summed E-state index contributed by atoms with van der Waals surface area (Å²) in [6.07, 6.45) is 0. The molecule has 0 atom stereocenters. The first-order valence-corrected chi connectivity index (χ1v) is 8.42. The SMILES string of the molecule is CC(=O)Oc1cc(Cl)c(C(=O)N2CSc3ccccc32)c(Cl)c1. The van der Waals surface area contributed by atoms with Crippen molar-refractivity contribution in [2.75, 3.05) is 10.8 Å². The van der Waals surface area contributed by atoms with Crippen LogP contribution in [0.2, 0.25) is 10.0 Å².